The van der Waals surface area contributed by atoms with Crippen molar-refractivity contribution in [3.63, 3.8) is 0 Å². The van der Waals surface area contributed by atoms with Crippen molar-refractivity contribution in [1.29, 1.82) is 0 Å². The van der Waals surface area contributed by atoms with Crippen LogP contribution in [0.15, 0.2) is 40.6 Å². The highest BCUT2D eigenvalue weighted by molar-refractivity contribution is 7.98. The van der Waals surface area contributed by atoms with Crippen LogP contribution < -0.4 is 11.1 Å². The summed E-state index contributed by atoms with van der Waals surface area (Å²) < 4.78 is 0. The summed E-state index contributed by atoms with van der Waals surface area (Å²) in [6, 6.07) is 10.5. The summed E-state index contributed by atoms with van der Waals surface area (Å²) >= 11 is 8.58. The van der Waals surface area contributed by atoms with Crippen LogP contribution in [-0.2, 0) is 0 Å². The van der Waals surface area contributed by atoms with E-state index in [1.54, 1.807) is 23.1 Å². The summed E-state index contributed by atoms with van der Waals surface area (Å²) in [7, 11) is 0. The topological polar surface area (TPSA) is 38.0 Å². The first-order valence-corrected chi connectivity index (χ1v) is 8.41. The van der Waals surface area contributed by atoms with E-state index in [0.29, 0.717) is 4.99 Å². The summed E-state index contributed by atoms with van der Waals surface area (Å²) in [5.41, 5.74) is 7.80. The van der Waals surface area contributed by atoms with Crippen molar-refractivity contribution < 1.29 is 0 Å². The molecule has 1 heterocycles. The van der Waals surface area contributed by atoms with Crippen LogP contribution in [0.2, 0.25) is 0 Å². The predicted octanol–water partition coefficient (Wildman–Crippen LogP) is 4.28. The molecule has 0 fully saturated rings. The number of benzene rings is 1. The lowest BCUT2D eigenvalue weighted by atomic mass is 10.1. The number of thiocarbonyl (C=S) groups is 1. The number of anilines is 1. The molecule has 0 aliphatic heterocycles. The molecule has 2 nitrogen and oxygen atoms in total. The van der Waals surface area contributed by atoms with Gasteiger partial charge in [0, 0.05) is 21.0 Å². The third-order valence-electron chi connectivity index (χ3n) is 2.83. The summed E-state index contributed by atoms with van der Waals surface area (Å²) in [5.74, 6) is 0. The van der Waals surface area contributed by atoms with Crippen LogP contribution in [0.4, 0.5) is 5.69 Å². The van der Waals surface area contributed by atoms with E-state index < -0.39 is 0 Å². The summed E-state index contributed by atoms with van der Waals surface area (Å²) in [6.45, 7) is 2.14. The first-order valence-electron chi connectivity index (χ1n) is 5.90. The molecule has 0 aliphatic carbocycles. The zero-order valence-electron chi connectivity index (χ0n) is 10.8. The monoisotopic (exact) mass is 308 g/mol. The molecule has 1 aromatic heterocycles. The molecule has 5 heteroatoms. The van der Waals surface area contributed by atoms with Gasteiger partial charge in [-0.3, -0.25) is 0 Å². The number of nitrogens with one attached hydrogen (secondary N) is 1. The highest BCUT2D eigenvalue weighted by Crippen LogP contribution is 2.30. The molecule has 1 unspecified atom stereocenters. The van der Waals surface area contributed by atoms with E-state index >= 15 is 0 Å². The highest BCUT2D eigenvalue weighted by atomic mass is 32.2. The van der Waals surface area contributed by atoms with E-state index in [2.05, 4.69) is 29.8 Å². The Hall–Kier alpha value is -1.04. The molecule has 0 bridgehead atoms. The van der Waals surface area contributed by atoms with Gasteiger partial charge in [0.15, 0.2) is 0 Å². The minimum absolute atomic E-state index is 0.241. The fraction of sp³-hybridized carbons (Fsp3) is 0.214. The Bertz CT molecular complexity index is 564. The number of hydrogen-bond donors (Lipinski definition) is 2. The van der Waals surface area contributed by atoms with Crippen molar-refractivity contribution in [2.45, 2.75) is 17.9 Å². The zero-order chi connectivity index (χ0) is 13.8. The average Bonchev–Trinajstić information content (AvgIpc) is 2.92. The van der Waals surface area contributed by atoms with Crippen molar-refractivity contribution in [3.05, 3.63) is 46.2 Å². The average molecular weight is 308 g/mol. The van der Waals surface area contributed by atoms with Crippen LogP contribution in [0.3, 0.4) is 0 Å². The SMILES string of the molecule is CSc1cccc(NC(C)c2cccs2)c1C(N)=S. The van der Waals surface area contributed by atoms with Crippen LogP contribution >= 0.6 is 35.3 Å². The Kier molecular flexibility index (Phi) is 4.85. The second-order valence-electron chi connectivity index (χ2n) is 4.13. The standard InChI is InChI=1S/C14H16N2S3/c1-9(11-7-4-8-19-11)16-10-5-3-6-12(18-2)13(10)14(15)17/h3-9,16H,1-2H3,(H2,15,17). The van der Waals surface area contributed by atoms with Crippen LogP contribution in [0.25, 0.3) is 0 Å². The van der Waals surface area contributed by atoms with E-state index in [1.807, 2.05) is 24.5 Å². The van der Waals surface area contributed by atoms with Gasteiger partial charge in [-0.1, -0.05) is 24.4 Å². The lowest BCUT2D eigenvalue weighted by molar-refractivity contribution is 0.906. The van der Waals surface area contributed by atoms with E-state index in [1.165, 1.54) is 4.88 Å². The lowest BCUT2D eigenvalue weighted by Crippen LogP contribution is -2.15. The van der Waals surface area contributed by atoms with Gasteiger partial charge in [-0.25, -0.2) is 0 Å². The quantitative estimate of drug-likeness (QED) is 0.639. The molecule has 19 heavy (non-hydrogen) atoms. The van der Waals surface area contributed by atoms with Gasteiger partial charge in [0.1, 0.15) is 4.99 Å². The number of hydrogen-bond acceptors (Lipinski definition) is 4. The molecule has 2 rings (SSSR count). The van der Waals surface area contributed by atoms with Gasteiger partial charge in [0.2, 0.25) is 0 Å². The van der Waals surface area contributed by atoms with Gasteiger partial charge in [0.25, 0.3) is 0 Å². The molecule has 0 saturated heterocycles. The molecule has 0 spiro atoms. The molecule has 3 N–H and O–H groups in total. The Labute approximate surface area is 127 Å². The maximum atomic E-state index is 5.87. The molecule has 2 aromatic rings. The fourth-order valence-corrected chi connectivity index (χ4v) is 3.58. The second-order valence-corrected chi connectivity index (χ2v) is 6.40. The predicted molar refractivity (Wildman–Crippen MR) is 90.5 cm³/mol. The first kappa shape index (κ1) is 14.4. The number of thioether (sulfide) groups is 1. The third kappa shape index (κ3) is 3.29. The normalized spacial score (nSPS) is 12.1. The molecule has 1 aromatic carbocycles. The number of rotatable bonds is 5. The minimum Gasteiger partial charge on any atom is -0.389 e. The molecule has 0 amide bonds. The first-order chi connectivity index (χ1) is 9.13. The molecular weight excluding hydrogens is 292 g/mol. The lowest BCUT2D eigenvalue weighted by Gasteiger charge is -2.18. The van der Waals surface area contributed by atoms with Gasteiger partial charge in [-0.15, -0.1) is 23.1 Å². The van der Waals surface area contributed by atoms with E-state index in [-0.39, 0.29) is 6.04 Å². The van der Waals surface area contributed by atoms with Gasteiger partial charge in [-0.2, -0.15) is 0 Å². The molecule has 100 valence electrons. The van der Waals surface area contributed by atoms with Gasteiger partial charge in [-0.05, 0) is 36.8 Å². The van der Waals surface area contributed by atoms with Gasteiger partial charge >= 0.3 is 0 Å². The number of nitrogens with two attached hydrogens (primary N) is 1. The Balaban J connectivity index is 2.32. The molecular formula is C14H16N2S3. The smallest absolute Gasteiger partial charge is 0.107 e. The van der Waals surface area contributed by atoms with Crippen molar-refractivity contribution in [2.75, 3.05) is 11.6 Å². The van der Waals surface area contributed by atoms with Crippen LogP contribution in [-0.4, -0.2) is 11.2 Å². The van der Waals surface area contributed by atoms with E-state index in [4.69, 9.17) is 18.0 Å². The summed E-state index contributed by atoms with van der Waals surface area (Å²) in [5, 5.41) is 5.58. The summed E-state index contributed by atoms with van der Waals surface area (Å²) in [6.07, 6.45) is 2.03. The van der Waals surface area contributed by atoms with Gasteiger partial charge < -0.3 is 11.1 Å². The molecule has 0 aliphatic rings. The van der Waals surface area contributed by atoms with Crippen molar-refractivity contribution in [3.8, 4) is 0 Å². The fourth-order valence-electron chi connectivity index (χ4n) is 1.92. The highest BCUT2D eigenvalue weighted by Gasteiger charge is 2.13. The maximum absolute atomic E-state index is 5.87. The Morgan fingerprint density at radius 1 is 1.37 bits per heavy atom. The van der Waals surface area contributed by atoms with Gasteiger partial charge in [0.05, 0.1) is 6.04 Å². The second kappa shape index (κ2) is 6.41. The van der Waals surface area contributed by atoms with Crippen molar-refractivity contribution in [1.82, 2.24) is 0 Å². The molecule has 0 saturated carbocycles. The van der Waals surface area contributed by atoms with E-state index in [9.17, 15) is 0 Å². The third-order valence-corrected chi connectivity index (χ3v) is 4.87. The zero-order valence-corrected chi connectivity index (χ0v) is 13.3. The number of thiophene rings is 1. The van der Waals surface area contributed by atoms with Crippen LogP contribution in [0, 0.1) is 0 Å². The van der Waals surface area contributed by atoms with Crippen molar-refractivity contribution >= 4 is 46.0 Å². The Morgan fingerprint density at radius 2 is 2.16 bits per heavy atom. The minimum atomic E-state index is 0.241. The summed E-state index contributed by atoms with van der Waals surface area (Å²) in [4.78, 5) is 2.84. The van der Waals surface area contributed by atoms with E-state index in [0.717, 1.165) is 16.1 Å². The molecule has 1 atom stereocenters. The Morgan fingerprint density at radius 3 is 2.74 bits per heavy atom. The van der Waals surface area contributed by atoms with Crippen molar-refractivity contribution in [2.24, 2.45) is 5.73 Å². The van der Waals surface area contributed by atoms with Crippen LogP contribution in [0.1, 0.15) is 23.4 Å². The maximum Gasteiger partial charge on any atom is 0.107 e. The molecule has 0 radical (unpaired) electrons. The van der Waals surface area contributed by atoms with Crippen LogP contribution in [0.5, 0.6) is 0 Å². The largest absolute Gasteiger partial charge is 0.389 e.